The Morgan fingerprint density at radius 2 is 1.92 bits per heavy atom. The number of pyridine rings is 1. The number of imidazole rings is 1. The van der Waals surface area contributed by atoms with Gasteiger partial charge in [0.1, 0.15) is 5.82 Å². The second kappa shape index (κ2) is 6.84. The van der Waals surface area contributed by atoms with Crippen molar-refractivity contribution in [1.82, 2.24) is 19.6 Å². The summed E-state index contributed by atoms with van der Waals surface area (Å²) in [6, 6.07) is 18.1. The van der Waals surface area contributed by atoms with Gasteiger partial charge in [0, 0.05) is 31.5 Å². The summed E-state index contributed by atoms with van der Waals surface area (Å²) in [5.41, 5.74) is 4.97. The lowest BCUT2D eigenvalue weighted by Crippen LogP contribution is -2.08. The van der Waals surface area contributed by atoms with Crippen molar-refractivity contribution >= 4 is 17.2 Å². The van der Waals surface area contributed by atoms with E-state index < -0.39 is 0 Å². The molecule has 0 radical (unpaired) electrons. The first-order chi connectivity index (χ1) is 12.7. The summed E-state index contributed by atoms with van der Waals surface area (Å²) in [5, 5.41) is 8.02. The molecule has 0 unspecified atom stereocenters. The molecule has 0 aliphatic carbocycles. The first-order valence-electron chi connectivity index (χ1n) is 8.47. The van der Waals surface area contributed by atoms with Gasteiger partial charge in [-0.05, 0) is 36.4 Å². The fourth-order valence-electron chi connectivity index (χ4n) is 2.79. The summed E-state index contributed by atoms with van der Waals surface area (Å²) in [6.07, 6.45) is 3.65. The van der Waals surface area contributed by atoms with Gasteiger partial charge in [0.25, 0.3) is 0 Å². The normalized spacial score (nSPS) is 10.8. The van der Waals surface area contributed by atoms with Crippen molar-refractivity contribution in [3.8, 4) is 11.3 Å². The van der Waals surface area contributed by atoms with Gasteiger partial charge in [0.05, 0.1) is 24.1 Å². The maximum atomic E-state index is 4.70. The smallest absolute Gasteiger partial charge is 0.154 e. The molecule has 0 aliphatic heterocycles. The van der Waals surface area contributed by atoms with Crippen molar-refractivity contribution in [3.63, 3.8) is 0 Å². The number of hydrogen-bond acceptors (Lipinski definition) is 5. The Bertz CT molecular complexity index is 1020. The van der Waals surface area contributed by atoms with Gasteiger partial charge in [0.15, 0.2) is 5.65 Å². The fraction of sp³-hybridized carbons (Fsp3) is 0.150. The van der Waals surface area contributed by atoms with Crippen LogP contribution in [0.3, 0.4) is 0 Å². The van der Waals surface area contributed by atoms with Gasteiger partial charge in [-0.25, -0.2) is 9.50 Å². The highest BCUT2D eigenvalue weighted by Crippen LogP contribution is 2.24. The Morgan fingerprint density at radius 3 is 2.73 bits per heavy atom. The Kier molecular flexibility index (Phi) is 4.23. The molecule has 6 nitrogen and oxygen atoms in total. The van der Waals surface area contributed by atoms with Crippen molar-refractivity contribution in [2.75, 3.05) is 24.3 Å². The molecule has 4 rings (SSSR count). The van der Waals surface area contributed by atoms with E-state index in [1.165, 1.54) is 0 Å². The van der Waals surface area contributed by atoms with Crippen molar-refractivity contribution in [3.05, 3.63) is 72.7 Å². The minimum Gasteiger partial charge on any atom is -0.378 e. The molecule has 3 aromatic heterocycles. The second-order valence-corrected chi connectivity index (χ2v) is 6.25. The van der Waals surface area contributed by atoms with E-state index in [-0.39, 0.29) is 0 Å². The lowest BCUT2D eigenvalue weighted by atomic mass is 10.1. The highest BCUT2D eigenvalue weighted by atomic mass is 15.3. The van der Waals surface area contributed by atoms with Crippen LogP contribution in [0, 0.1) is 0 Å². The van der Waals surface area contributed by atoms with Crippen LogP contribution in [-0.2, 0) is 6.54 Å². The summed E-state index contributed by atoms with van der Waals surface area (Å²) < 4.78 is 1.87. The van der Waals surface area contributed by atoms with E-state index in [4.69, 9.17) is 5.10 Å². The van der Waals surface area contributed by atoms with Crippen molar-refractivity contribution < 1.29 is 0 Å². The van der Waals surface area contributed by atoms with E-state index in [9.17, 15) is 0 Å². The van der Waals surface area contributed by atoms with Gasteiger partial charge < -0.3 is 10.2 Å². The number of nitrogens with zero attached hydrogens (tertiary/aromatic N) is 5. The third-order valence-electron chi connectivity index (χ3n) is 4.20. The predicted octanol–water partition coefficient (Wildman–Crippen LogP) is 3.47. The number of hydrogen-bond donors (Lipinski definition) is 1. The first kappa shape index (κ1) is 16.1. The van der Waals surface area contributed by atoms with Crippen LogP contribution >= 0.6 is 0 Å². The molecule has 1 aromatic carbocycles. The Hall–Kier alpha value is -3.41. The molecular formula is C20H20N6. The fourth-order valence-corrected chi connectivity index (χ4v) is 2.79. The van der Waals surface area contributed by atoms with Gasteiger partial charge >= 0.3 is 0 Å². The summed E-state index contributed by atoms with van der Waals surface area (Å²) >= 11 is 0. The third-order valence-corrected chi connectivity index (χ3v) is 4.20. The minimum atomic E-state index is 0.624. The highest BCUT2D eigenvalue weighted by molar-refractivity contribution is 5.68. The van der Waals surface area contributed by atoms with E-state index in [2.05, 4.69) is 38.4 Å². The Balaban J connectivity index is 1.65. The zero-order valence-electron chi connectivity index (χ0n) is 14.8. The highest BCUT2D eigenvalue weighted by Gasteiger charge is 2.09. The average molecular weight is 344 g/mol. The molecule has 3 heterocycles. The van der Waals surface area contributed by atoms with Crippen LogP contribution < -0.4 is 10.2 Å². The SMILES string of the molecule is CN(C)c1cccc(-c2cnc3ccc(NCc4ccccn4)nn23)c1. The molecule has 4 aromatic rings. The van der Waals surface area contributed by atoms with E-state index in [0.717, 1.165) is 34.1 Å². The van der Waals surface area contributed by atoms with E-state index in [1.54, 1.807) is 6.20 Å². The van der Waals surface area contributed by atoms with Crippen LogP contribution in [0.2, 0.25) is 0 Å². The zero-order chi connectivity index (χ0) is 17.9. The monoisotopic (exact) mass is 344 g/mol. The number of rotatable bonds is 5. The number of benzene rings is 1. The largest absolute Gasteiger partial charge is 0.378 e. The summed E-state index contributed by atoms with van der Waals surface area (Å²) in [5.74, 6) is 0.783. The van der Waals surface area contributed by atoms with Crippen LogP contribution in [0.4, 0.5) is 11.5 Å². The topological polar surface area (TPSA) is 58.4 Å². The Labute approximate surface area is 152 Å². The van der Waals surface area contributed by atoms with Crippen molar-refractivity contribution in [1.29, 1.82) is 0 Å². The predicted molar refractivity (Wildman–Crippen MR) is 104 cm³/mol. The molecule has 6 heteroatoms. The third kappa shape index (κ3) is 3.21. The van der Waals surface area contributed by atoms with Crippen LogP contribution in [0.15, 0.2) is 67.0 Å². The molecule has 1 N–H and O–H groups in total. The molecule has 0 saturated heterocycles. The molecule has 130 valence electrons. The van der Waals surface area contributed by atoms with E-state index in [1.807, 2.05) is 61.2 Å². The average Bonchev–Trinajstić information content (AvgIpc) is 3.10. The molecule has 0 spiro atoms. The molecule has 0 bridgehead atoms. The van der Waals surface area contributed by atoms with Gasteiger partial charge in [-0.3, -0.25) is 4.98 Å². The van der Waals surface area contributed by atoms with E-state index >= 15 is 0 Å². The van der Waals surface area contributed by atoms with E-state index in [0.29, 0.717) is 6.54 Å². The lowest BCUT2D eigenvalue weighted by Gasteiger charge is -2.13. The van der Waals surface area contributed by atoms with Gasteiger partial charge in [-0.2, -0.15) is 0 Å². The molecule has 26 heavy (non-hydrogen) atoms. The summed E-state index contributed by atoms with van der Waals surface area (Å²) in [4.78, 5) is 10.9. The van der Waals surface area contributed by atoms with Crippen LogP contribution in [0.1, 0.15) is 5.69 Å². The number of aromatic nitrogens is 4. The maximum absolute atomic E-state index is 4.70. The van der Waals surface area contributed by atoms with Crippen molar-refractivity contribution in [2.24, 2.45) is 0 Å². The van der Waals surface area contributed by atoms with Crippen LogP contribution in [-0.4, -0.2) is 33.7 Å². The van der Waals surface area contributed by atoms with Gasteiger partial charge in [-0.1, -0.05) is 18.2 Å². The Morgan fingerprint density at radius 1 is 1.00 bits per heavy atom. The van der Waals surface area contributed by atoms with Crippen LogP contribution in [0.5, 0.6) is 0 Å². The standard InChI is InChI=1S/C20H20N6/c1-25(2)17-8-5-6-15(12-17)18-14-23-20-10-9-19(24-26(18)20)22-13-16-7-3-4-11-21-16/h3-12,14H,13H2,1-2H3,(H,22,24). The lowest BCUT2D eigenvalue weighted by molar-refractivity contribution is 0.923. The summed E-state index contributed by atoms with van der Waals surface area (Å²) in [7, 11) is 4.07. The summed E-state index contributed by atoms with van der Waals surface area (Å²) in [6.45, 7) is 0.624. The zero-order valence-corrected chi connectivity index (χ0v) is 14.8. The number of fused-ring (bicyclic) bond motifs is 1. The minimum absolute atomic E-state index is 0.624. The molecule has 0 atom stereocenters. The quantitative estimate of drug-likeness (QED) is 0.601. The number of anilines is 2. The van der Waals surface area contributed by atoms with Crippen LogP contribution in [0.25, 0.3) is 16.9 Å². The molecule has 0 saturated carbocycles. The first-order valence-corrected chi connectivity index (χ1v) is 8.47. The number of nitrogens with one attached hydrogen (secondary N) is 1. The molecular weight excluding hydrogens is 324 g/mol. The molecule has 0 aliphatic rings. The van der Waals surface area contributed by atoms with Crippen molar-refractivity contribution in [2.45, 2.75) is 6.54 Å². The molecule has 0 amide bonds. The molecule has 0 fully saturated rings. The maximum Gasteiger partial charge on any atom is 0.154 e. The van der Waals surface area contributed by atoms with Gasteiger partial charge in [-0.15, -0.1) is 5.10 Å². The van der Waals surface area contributed by atoms with Gasteiger partial charge in [0.2, 0.25) is 0 Å². The second-order valence-electron chi connectivity index (χ2n) is 6.25.